The van der Waals surface area contributed by atoms with Crippen LogP contribution in [0, 0.1) is 6.92 Å². The van der Waals surface area contributed by atoms with E-state index in [2.05, 4.69) is 28.8 Å². The van der Waals surface area contributed by atoms with Gasteiger partial charge in [-0.15, -0.1) is 0 Å². The molecule has 0 aliphatic rings. The fraction of sp³-hybridized carbons (Fsp3) is 0.312. The Balaban J connectivity index is 2.09. The number of benzene rings is 2. The molecule has 0 radical (unpaired) electrons. The summed E-state index contributed by atoms with van der Waals surface area (Å²) in [6.45, 7) is 4.03. The molecule has 0 N–H and O–H groups in total. The van der Waals surface area contributed by atoms with E-state index < -0.39 is 15.4 Å². The summed E-state index contributed by atoms with van der Waals surface area (Å²) in [4.78, 5) is 0. The van der Waals surface area contributed by atoms with Gasteiger partial charge in [0.2, 0.25) is 10.5 Å². The number of nitrogens with zero attached hydrogens (tertiary/aromatic N) is 1. The maximum atomic E-state index is 11.1. The first-order valence-corrected chi connectivity index (χ1v) is 9.42. The van der Waals surface area contributed by atoms with E-state index in [1.54, 1.807) is 11.3 Å². The van der Waals surface area contributed by atoms with Crippen LogP contribution >= 0.6 is 11.3 Å². The molecule has 1 aromatic heterocycles. The van der Waals surface area contributed by atoms with E-state index >= 15 is 0 Å². The highest BCUT2D eigenvalue weighted by Gasteiger charge is 2.21. The lowest BCUT2D eigenvalue weighted by Gasteiger charge is -2.13. The van der Waals surface area contributed by atoms with Crippen LogP contribution in [-0.4, -0.2) is 18.2 Å². The zero-order valence-electron chi connectivity index (χ0n) is 12.4. The molecular formula is C16H17NO3S2. The van der Waals surface area contributed by atoms with Crippen molar-refractivity contribution in [1.82, 2.24) is 0 Å². The van der Waals surface area contributed by atoms with Crippen molar-refractivity contribution < 1.29 is 17.5 Å². The Bertz CT molecular complexity index is 945. The normalized spacial score (nSPS) is 13.8. The van der Waals surface area contributed by atoms with E-state index in [-0.39, 0.29) is 0 Å². The van der Waals surface area contributed by atoms with Gasteiger partial charge in [-0.1, -0.05) is 35.6 Å². The van der Waals surface area contributed by atoms with Crippen molar-refractivity contribution in [3.8, 4) is 0 Å². The third-order valence-electron chi connectivity index (χ3n) is 4.02. The highest BCUT2D eigenvalue weighted by atomic mass is 32.2. The predicted octanol–water partition coefficient (Wildman–Crippen LogP) is 2.97. The fourth-order valence-corrected chi connectivity index (χ4v) is 4.15. The van der Waals surface area contributed by atoms with Gasteiger partial charge in [-0.05, 0) is 24.4 Å². The molecule has 22 heavy (non-hydrogen) atoms. The molecule has 1 heterocycles. The summed E-state index contributed by atoms with van der Waals surface area (Å²) in [5.41, 5.74) is 1.12. The molecule has 3 aromatic rings. The molecule has 0 saturated carbocycles. The van der Waals surface area contributed by atoms with E-state index in [1.165, 1.54) is 11.6 Å². The molecule has 0 saturated heterocycles. The van der Waals surface area contributed by atoms with Gasteiger partial charge < -0.3 is 4.55 Å². The summed E-state index contributed by atoms with van der Waals surface area (Å²) in [5, 5.41) is 2.55. The van der Waals surface area contributed by atoms with Crippen LogP contribution in [0.2, 0.25) is 0 Å². The molecule has 0 amide bonds. The minimum Gasteiger partial charge on any atom is -0.748 e. The second-order valence-electron chi connectivity index (χ2n) is 5.50. The van der Waals surface area contributed by atoms with E-state index in [0.29, 0.717) is 13.0 Å². The van der Waals surface area contributed by atoms with Crippen molar-refractivity contribution in [2.45, 2.75) is 32.1 Å². The van der Waals surface area contributed by atoms with Gasteiger partial charge in [-0.3, -0.25) is 0 Å². The lowest BCUT2D eigenvalue weighted by atomic mass is 10.1. The average molecular weight is 335 g/mol. The lowest BCUT2D eigenvalue weighted by Crippen LogP contribution is -2.37. The summed E-state index contributed by atoms with van der Waals surface area (Å²) >= 11 is 1.69. The van der Waals surface area contributed by atoms with Crippen LogP contribution in [-0.2, 0) is 16.7 Å². The first-order chi connectivity index (χ1) is 10.4. The van der Waals surface area contributed by atoms with Crippen LogP contribution in [0.1, 0.15) is 18.4 Å². The minimum absolute atomic E-state index is 0.326. The van der Waals surface area contributed by atoms with E-state index in [0.717, 1.165) is 21.3 Å². The molecule has 6 heteroatoms. The van der Waals surface area contributed by atoms with Crippen LogP contribution in [0.25, 0.3) is 21.0 Å². The zero-order valence-corrected chi connectivity index (χ0v) is 14.1. The SMILES string of the molecule is Cc1sc2ccc3ccccc3c2[n+]1CC[C@H](C)S(=O)(=O)[O-]. The fourth-order valence-electron chi connectivity index (χ4n) is 2.69. The number of aromatic nitrogens is 1. The van der Waals surface area contributed by atoms with Gasteiger partial charge >= 0.3 is 0 Å². The van der Waals surface area contributed by atoms with Gasteiger partial charge in [0.25, 0.3) is 0 Å². The number of aryl methyl sites for hydroxylation is 2. The van der Waals surface area contributed by atoms with Gasteiger partial charge in [0.1, 0.15) is 4.70 Å². The smallest absolute Gasteiger partial charge is 0.235 e. The van der Waals surface area contributed by atoms with Gasteiger partial charge in [-0.2, -0.15) is 4.57 Å². The number of rotatable bonds is 4. The summed E-state index contributed by atoms with van der Waals surface area (Å²) in [5.74, 6) is 0. The van der Waals surface area contributed by atoms with E-state index in [4.69, 9.17) is 0 Å². The first kappa shape index (κ1) is 15.4. The standard InChI is InChI=1S/C16H17NO3S2/c1-11(22(18,19)20)9-10-17-12(2)21-15-8-7-13-5-3-4-6-14(13)16(15)17/h3-8,11H,9-10H2,1-2H3/t11-/m0/s1. The Kier molecular flexibility index (Phi) is 3.92. The van der Waals surface area contributed by atoms with Gasteiger partial charge in [0.05, 0.1) is 20.8 Å². The van der Waals surface area contributed by atoms with E-state index in [9.17, 15) is 13.0 Å². The Morgan fingerprint density at radius 2 is 1.95 bits per heavy atom. The van der Waals surface area contributed by atoms with Crippen molar-refractivity contribution in [3.63, 3.8) is 0 Å². The molecule has 2 aromatic carbocycles. The Labute approximate surface area is 133 Å². The van der Waals surface area contributed by atoms with Crippen LogP contribution in [0.4, 0.5) is 0 Å². The van der Waals surface area contributed by atoms with Crippen molar-refractivity contribution in [2.24, 2.45) is 0 Å². The molecule has 0 bridgehead atoms. The second kappa shape index (κ2) is 5.61. The molecule has 3 rings (SSSR count). The maximum Gasteiger partial charge on any atom is 0.235 e. The minimum atomic E-state index is -4.22. The van der Waals surface area contributed by atoms with Crippen LogP contribution < -0.4 is 4.57 Å². The zero-order chi connectivity index (χ0) is 15.9. The molecule has 1 atom stereocenters. The Hall–Kier alpha value is -1.50. The highest BCUT2D eigenvalue weighted by molar-refractivity contribution is 7.86. The van der Waals surface area contributed by atoms with Gasteiger partial charge in [-0.25, -0.2) is 8.42 Å². The Morgan fingerprint density at radius 1 is 1.23 bits per heavy atom. The number of hydrogen-bond acceptors (Lipinski definition) is 4. The number of fused-ring (bicyclic) bond motifs is 3. The molecule has 0 aliphatic carbocycles. The first-order valence-electron chi connectivity index (χ1n) is 7.13. The van der Waals surface area contributed by atoms with Crippen molar-refractivity contribution in [3.05, 3.63) is 41.4 Å². The third kappa shape index (κ3) is 2.74. The molecule has 0 aliphatic heterocycles. The maximum absolute atomic E-state index is 11.1. The third-order valence-corrected chi connectivity index (χ3v) is 6.31. The predicted molar refractivity (Wildman–Crippen MR) is 88.0 cm³/mol. The van der Waals surface area contributed by atoms with Crippen LogP contribution in [0.3, 0.4) is 0 Å². The summed E-state index contributed by atoms with van der Waals surface area (Å²) in [6.07, 6.45) is 0.326. The molecule has 116 valence electrons. The molecule has 0 spiro atoms. The number of hydrogen-bond donors (Lipinski definition) is 0. The Morgan fingerprint density at radius 3 is 2.68 bits per heavy atom. The van der Waals surface area contributed by atoms with Crippen LogP contribution in [0.5, 0.6) is 0 Å². The largest absolute Gasteiger partial charge is 0.748 e. The van der Waals surface area contributed by atoms with Crippen molar-refractivity contribution in [1.29, 1.82) is 0 Å². The summed E-state index contributed by atoms with van der Waals surface area (Å²) in [7, 11) is -4.22. The van der Waals surface area contributed by atoms with Crippen LogP contribution in [0.15, 0.2) is 36.4 Å². The summed E-state index contributed by atoms with van der Waals surface area (Å²) < 4.78 is 36.6. The highest BCUT2D eigenvalue weighted by Crippen LogP contribution is 2.28. The van der Waals surface area contributed by atoms with Gasteiger partial charge in [0.15, 0.2) is 6.54 Å². The molecule has 0 unspecified atom stereocenters. The molecule has 0 fully saturated rings. The second-order valence-corrected chi connectivity index (χ2v) is 8.52. The van der Waals surface area contributed by atoms with Gasteiger partial charge in [0, 0.05) is 13.3 Å². The topological polar surface area (TPSA) is 61.1 Å². The molecular weight excluding hydrogens is 318 g/mol. The van der Waals surface area contributed by atoms with E-state index in [1.807, 2.05) is 19.1 Å². The lowest BCUT2D eigenvalue weighted by molar-refractivity contribution is -0.672. The summed E-state index contributed by atoms with van der Waals surface area (Å²) in [6, 6.07) is 12.3. The average Bonchev–Trinajstić information content (AvgIpc) is 2.79. The number of thiazole rings is 1. The monoisotopic (exact) mass is 335 g/mol. The van der Waals surface area contributed by atoms with Crippen molar-refractivity contribution >= 4 is 42.4 Å². The quantitative estimate of drug-likeness (QED) is 0.544. The van der Waals surface area contributed by atoms with Crippen molar-refractivity contribution in [2.75, 3.05) is 0 Å². The molecule has 4 nitrogen and oxygen atoms in total.